The van der Waals surface area contributed by atoms with Crippen molar-refractivity contribution in [2.75, 3.05) is 0 Å². The molecule has 0 N–H and O–H groups in total. The predicted molar refractivity (Wildman–Crippen MR) is 88.4 cm³/mol. The molecular weight excluding hydrogens is 254 g/mol. The quantitative estimate of drug-likeness (QED) is 0.369. The number of hydrogen-bond donors (Lipinski definition) is 0. The Morgan fingerprint density at radius 3 is 2.57 bits per heavy atom. The monoisotopic (exact) mass is 267 g/mol. The Labute approximate surface area is 122 Å². The summed E-state index contributed by atoms with van der Waals surface area (Å²) in [7, 11) is 0. The lowest BCUT2D eigenvalue weighted by atomic mass is 10.0. The number of pyridine rings is 1. The summed E-state index contributed by atoms with van der Waals surface area (Å²) < 4.78 is 0. The maximum atomic E-state index is 4.96. The highest BCUT2D eigenvalue weighted by atomic mass is 14.7. The number of aryl methyl sites for hydroxylation is 1. The lowest BCUT2D eigenvalue weighted by molar-refractivity contribution is 1.40. The van der Waals surface area contributed by atoms with Crippen LogP contribution in [0.5, 0.6) is 0 Å². The SMILES string of the molecule is Cc1ccc2cccc3c2c1-c1nc2ccccc2cc1-3. The van der Waals surface area contributed by atoms with Gasteiger partial charge >= 0.3 is 0 Å². The van der Waals surface area contributed by atoms with Crippen LogP contribution in [0.1, 0.15) is 5.56 Å². The molecule has 1 nitrogen and oxygen atoms in total. The number of benzene rings is 3. The standard InChI is InChI=1S/C20H13N/c1-12-9-10-13-6-4-7-15-16-11-14-5-2-3-8-17(14)21-20(16)18(12)19(13)15/h2-11H,1H3. The van der Waals surface area contributed by atoms with E-state index >= 15 is 0 Å². The zero-order valence-corrected chi connectivity index (χ0v) is 11.7. The first kappa shape index (κ1) is 11.0. The van der Waals surface area contributed by atoms with Crippen molar-refractivity contribution in [3.05, 3.63) is 66.2 Å². The van der Waals surface area contributed by atoms with Crippen LogP contribution < -0.4 is 0 Å². The molecule has 21 heavy (non-hydrogen) atoms. The average molecular weight is 267 g/mol. The van der Waals surface area contributed by atoms with Gasteiger partial charge in [-0.25, -0.2) is 4.98 Å². The van der Waals surface area contributed by atoms with E-state index in [4.69, 9.17) is 4.98 Å². The van der Waals surface area contributed by atoms with Gasteiger partial charge in [0, 0.05) is 16.5 Å². The maximum Gasteiger partial charge on any atom is 0.0797 e. The van der Waals surface area contributed by atoms with Crippen LogP contribution in [0, 0.1) is 6.92 Å². The summed E-state index contributed by atoms with van der Waals surface area (Å²) in [6.45, 7) is 2.18. The summed E-state index contributed by atoms with van der Waals surface area (Å²) in [6.07, 6.45) is 0. The first-order valence-electron chi connectivity index (χ1n) is 7.26. The predicted octanol–water partition coefficient (Wildman–Crippen LogP) is 5.34. The summed E-state index contributed by atoms with van der Waals surface area (Å²) in [5.41, 5.74) is 7.40. The van der Waals surface area contributed by atoms with E-state index in [-0.39, 0.29) is 0 Å². The Hall–Kier alpha value is -2.67. The van der Waals surface area contributed by atoms with Crippen molar-refractivity contribution < 1.29 is 0 Å². The molecule has 1 heterocycles. The van der Waals surface area contributed by atoms with E-state index in [0.717, 1.165) is 11.2 Å². The van der Waals surface area contributed by atoms with Crippen molar-refractivity contribution in [1.82, 2.24) is 4.98 Å². The van der Waals surface area contributed by atoms with Crippen molar-refractivity contribution in [2.45, 2.75) is 6.92 Å². The van der Waals surface area contributed by atoms with Crippen LogP contribution in [-0.2, 0) is 0 Å². The molecule has 0 aliphatic heterocycles. The largest absolute Gasteiger partial charge is 0.247 e. The molecule has 1 aliphatic rings. The molecule has 0 atom stereocenters. The van der Waals surface area contributed by atoms with E-state index < -0.39 is 0 Å². The summed E-state index contributed by atoms with van der Waals surface area (Å²) in [5, 5.41) is 3.86. The Morgan fingerprint density at radius 2 is 1.62 bits per heavy atom. The molecular formula is C20H13N. The van der Waals surface area contributed by atoms with Gasteiger partial charge in [0.2, 0.25) is 0 Å². The molecule has 0 saturated heterocycles. The highest BCUT2D eigenvalue weighted by molar-refractivity contribution is 6.16. The average Bonchev–Trinajstić information content (AvgIpc) is 2.85. The summed E-state index contributed by atoms with van der Waals surface area (Å²) in [6, 6.07) is 21.6. The first-order chi connectivity index (χ1) is 10.3. The molecule has 0 spiro atoms. The van der Waals surface area contributed by atoms with Crippen molar-refractivity contribution in [3.63, 3.8) is 0 Å². The minimum atomic E-state index is 1.07. The molecule has 1 aliphatic carbocycles. The third kappa shape index (κ3) is 1.33. The maximum absolute atomic E-state index is 4.96. The van der Waals surface area contributed by atoms with E-state index in [1.165, 1.54) is 38.4 Å². The molecule has 98 valence electrons. The number of nitrogens with zero attached hydrogens (tertiary/aromatic N) is 1. The highest BCUT2D eigenvalue weighted by Crippen LogP contribution is 2.48. The number of hydrogen-bond acceptors (Lipinski definition) is 1. The lowest BCUT2D eigenvalue weighted by Gasteiger charge is -2.06. The van der Waals surface area contributed by atoms with Crippen LogP contribution in [0.4, 0.5) is 0 Å². The van der Waals surface area contributed by atoms with E-state index in [1.807, 2.05) is 0 Å². The third-order valence-corrected chi connectivity index (χ3v) is 4.50. The van der Waals surface area contributed by atoms with Gasteiger partial charge in [-0.05, 0) is 41.0 Å². The third-order valence-electron chi connectivity index (χ3n) is 4.50. The van der Waals surface area contributed by atoms with Gasteiger partial charge in [0.25, 0.3) is 0 Å². The Kier molecular flexibility index (Phi) is 1.95. The van der Waals surface area contributed by atoms with Gasteiger partial charge in [-0.1, -0.05) is 48.5 Å². The zero-order valence-electron chi connectivity index (χ0n) is 11.7. The van der Waals surface area contributed by atoms with Crippen molar-refractivity contribution in [1.29, 1.82) is 0 Å². The van der Waals surface area contributed by atoms with Gasteiger partial charge in [0.1, 0.15) is 0 Å². The van der Waals surface area contributed by atoms with E-state index in [1.54, 1.807) is 0 Å². The second-order valence-corrected chi connectivity index (χ2v) is 5.74. The van der Waals surface area contributed by atoms with Crippen molar-refractivity contribution >= 4 is 21.7 Å². The summed E-state index contributed by atoms with van der Waals surface area (Å²) >= 11 is 0. The topological polar surface area (TPSA) is 12.9 Å². The van der Waals surface area contributed by atoms with Crippen LogP contribution in [0.15, 0.2) is 60.7 Å². The van der Waals surface area contributed by atoms with Crippen LogP contribution in [0.25, 0.3) is 44.1 Å². The molecule has 0 fully saturated rings. The van der Waals surface area contributed by atoms with Crippen molar-refractivity contribution in [3.8, 4) is 22.4 Å². The van der Waals surface area contributed by atoms with Gasteiger partial charge in [0.05, 0.1) is 11.2 Å². The van der Waals surface area contributed by atoms with E-state index in [0.29, 0.717) is 0 Å². The molecule has 5 rings (SSSR count). The Bertz CT molecular complexity index is 1040. The number of fused-ring (bicyclic) bond motifs is 4. The second-order valence-electron chi connectivity index (χ2n) is 5.74. The molecule has 1 aromatic heterocycles. The van der Waals surface area contributed by atoms with Gasteiger partial charge < -0.3 is 0 Å². The van der Waals surface area contributed by atoms with Crippen LogP contribution in [0.2, 0.25) is 0 Å². The van der Waals surface area contributed by atoms with Gasteiger partial charge in [-0.2, -0.15) is 0 Å². The minimum Gasteiger partial charge on any atom is -0.247 e. The zero-order chi connectivity index (χ0) is 14.0. The summed E-state index contributed by atoms with van der Waals surface area (Å²) in [4.78, 5) is 4.96. The number of para-hydroxylation sites is 1. The molecule has 0 radical (unpaired) electrons. The first-order valence-corrected chi connectivity index (χ1v) is 7.26. The molecule has 0 saturated carbocycles. The minimum absolute atomic E-state index is 1.07. The Balaban J connectivity index is 2.04. The molecule has 1 heteroatoms. The summed E-state index contributed by atoms with van der Waals surface area (Å²) in [5.74, 6) is 0. The fourth-order valence-corrected chi connectivity index (χ4v) is 3.52. The lowest BCUT2D eigenvalue weighted by Crippen LogP contribution is -1.87. The molecule has 0 bridgehead atoms. The highest BCUT2D eigenvalue weighted by Gasteiger charge is 2.24. The van der Waals surface area contributed by atoms with E-state index in [9.17, 15) is 0 Å². The molecule has 4 aromatic rings. The second kappa shape index (κ2) is 3.70. The Morgan fingerprint density at radius 1 is 0.762 bits per heavy atom. The molecule has 3 aromatic carbocycles. The fourth-order valence-electron chi connectivity index (χ4n) is 3.52. The van der Waals surface area contributed by atoms with Gasteiger partial charge in [0.15, 0.2) is 0 Å². The van der Waals surface area contributed by atoms with Crippen molar-refractivity contribution in [2.24, 2.45) is 0 Å². The number of rotatable bonds is 0. The smallest absolute Gasteiger partial charge is 0.0797 e. The van der Waals surface area contributed by atoms with E-state index in [2.05, 4.69) is 67.6 Å². The molecule has 0 amide bonds. The van der Waals surface area contributed by atoms with Gasteiger partial charge in [-0.3, -0.25) is 0 Å². The van der Waals surface area contributed by atoms with Gasteiger partial charge in [-0.15, -0.1) is 0 Å². The van der Waals surface area contributed by atoms with Crippen LogP contribution in [-0.4, -0.2) is 4.98 Å². The molecule has 0 unspecified atom stereocenters. The van der Waals surface area contributed by atoms with Crippen LogP contribution in [0.3, 0.4) is 0 Å². The number of aromatic nitrogens is 1. The fraction of sp³-hybridized carbons (Fsp3) is 0.0500. The van der Waals surface area contributed by atoms with Crippen LogP contribution >= 0.6 is 0 Å². The normalized spacial score (nSPS) is 12.0.